The molecular weight excluding hydrogens is 367 g/mol. The Morgan fingerprint density at radius 3 is 2.52 bits per heavy atom. The Bertz CT molecular complexity index is 757. The second-order valence-electron chi connectivity index (χ2n) is 6.03. The van der Waals surface area contributed by atoms with Crippen molar-refractivity contribution in [1.29, 1.82) is 0 Å². The van der Waals surface area contributed by atoms with Gasteiger partial charge in [-0.15, -0.1) is 11.8 Å². The van der Waals surface area contributed by atoms with Crippen LogP contribution < -0.4 is 5.32 Å². The first kappa shape index (κ1) is 19.3. The monoisotopic (exact) mass is 390 g/mol. The number of hydrogen-bond acceptors (Lipinski definition) is 4. The maximum Gasteiger partial charge on any atom is 0.289 e. The topological polar surface area (TPSA) is 61.1 Å². The van der Waals surface area contributed by atoms with E-state index in [1.54, 1.807) is 48.0 Å². The molecule has 1 aliphatic heterocycles. The molecule has 0 saturated carbocycles. The third kappa shape index (κ3) is 5.26. The smallest absolute Gasteiger partial charge is 0.289 e. The van der Waals surface area contributed by atoms with Gasteiger partial charge in [0.25, 0.3) is 5.91 Å². The van der Waals surface area contributed by atoms with Crippen molar-refractivity contribution in [3.63, 3.8) is 0 Å². The summed E-state index contributed by atoms with van der Waals surface area (Å²) in [4.78, 5) is 21.6. The molecule has 1 aromatic heterocycles. The van der Waals surface area contributed by atoms with Gasteiger partial charge in [-0.05, 0) is 36.4 Å². The number of amides is 1. The molecular formula is C19H23FN4O2S. The molecule has 2 aromatic rings. The summed E-state index contributed by atoms with van der Waals surface area (Å²) in [5.74, 6) is 1.77. The zero-order valence-electron chi connectivity index (χ0n) is 15.2. The van der Waals surface area contributed by atoms with Crippen molar-refractivity contribution >= 4 is 23.6 Å². The predicted octanol–water partition coefficient (Wildman–Crippen LogP) is 2.54. The summed E-state index contributed by atoms with van der Waals surface area (Å²) in [6.07, 6.45) is 1.51. The molecule has 1 aliphatic rings. The van der Waals surface area contributed by atoms with Crippen LogP contribution in [0.5, 0.6) is 0 Å². The first-order valence-electron chi connectivity index (χ1n) is 8.84. The van der Waals surface area contributed by atoms with Crippen LogP contribution in [0.3, 0.4) is 0 Å². The number of guanidine groups is 1. The number of benzene rings is 1. The lowest BCUT2D eigenvalue weighted by molar-refractivity contribution is 0.0658. The molecule has 1 amide bonds. The number of nitrogens with zero attached hydrogens (tertiary/aromatic N) is 3. The Morgan fingerprint density at radius 1 is 1.19 bits per heavy atom. The van der Waals surface area contributed by atoms with Gasteiger partial charge >= 0.3 is 0 Å². The van der Waals surface area contributed by atoms with Crippen LogP contribution in [0.25, 0.3) is 0 Å². The van der Waals surface area contributed by atoms with Crippen LogP contribution in [0.4, 0.5) is 4.39 Å². The Kier molecular flexibility index (Phi) is 6.75. The molecule has 0 aliphatic carbocycles. The Balaban J connectivity index is 1.41. The van der Waals surface area contributed by atoms with E-state index in [2.05, 4.69) is 15.2 Å². The zero-order valence-corrected chi connectivity index (χ0v) is 16.0. The SMILES string of the molecule is CN=C(NCCSc1ccc(F)cc1)N1CCN(C(=O)c2ccco2)CC1. The number of hydrogen-bond donors (Lipinski definition) is 1. The molecule has 1 fully saturated rings. The molecule has 0 atom stereocenters. The molecule has 6 nitrogen and oxygen atoms in total. The minimum atomic E-state index is -0.220. The van der Waals surface area contributed by atoms with Gasteiger partial charge in [-0.1, -0.05) is 0 Å². The van der Waals surface area contributed by atoms with Crippen LogP contribution in [0.2, 0.25) is 0 Å². The fourth-order valence-corrected chi connectivity index (χ4v) is 3.64. The number of furan rings is 1. The lowest BCUT2D eigenvalue weighted by Crippen LogP contribution is -2.54. The fraction of sp³-hybridized carbons (Fsp3) is 0.368. The Morgan fingerprint density at radius 2 is 1.89 bits per heavy atom. The number of halogens is 1. The van der Waals surface area contributed by atoms with Crippen molar-refractivity contribution in [1.82, 2.24) is 15.1 Å². The van der Waals surface area contributed by atoms with Gasteiger partial charge in [0.15, 0.2) is 11.7 Å². The van der Waals surface area contributed by atoms with Gasteiger partial charge in [0.2, 0.25) is 0 Å². The van der Waals surface area contributed by atoms with Gasteiger partial charge in [0.1, 0.15) is 5.82 Å². The maximum absolute atomic E-state index is 12.9. The third-order valence-corrected chi connectivity index (χ3v) is 5.29. The van der Waals surface area contributed by atoms with Gasteiger partial charge in [-0.25, -0.2) is 4.39 Å². The average molecular weight is 390 g/mol. The van der Waals surface area contributed by atoms with Gasteiger partial charge in [-0.2, -0.15) is 0 Å². The largest absolute Gasteiger partial charge is 0.459 e. The zero-order chi connectivity index (χ0) is 19.1. The minimum Gasteiger partial charge on any atom is -0.459 e. The average Bonchev–Trinajstić information content (AvgIpc) is 3.24. The third-order valence-electron chi connectivity index (χ3n) is 4.28. The fourth-order valence-electron chi connectivity index (χ4n) is 2.87. The summed E-state index contributed by atoms with van der Waals surface area (Å²) in [6, 6.07) is 9.91. The van der Waals surface area contributed by atoms with Crippen molar-refractivity contribution in [3.8, 4) is 0 Å². The number of piperazine rings is 1. The van der Waals surface area contributed by atoms with Gasteiger partial charge in [0, 0.05) is 50.4 Å². The summed E-state index contributed by atoms with van der Waals surface area (Å²) in [6.45, 7) is 3.45. The molecule has 0 radical (unpaired) electrons. The molecule has 0 spiro atoms. The standard InChI is InChI=1S/C19H23FN4O2S/c1-21-19(22-8-14-27-16-6-4-15(20)5-7-16)24-11-9-23(10-12-24)18(25)17-3-2-13-26-17/h2-7,13H,8-12,14H2,1H3,(H,21,22). The quantitative estimate of drug-likeness (QED) is 0.368. The molecule has 8 heteroatoms. The highest BCUT2D eigenvalue weighted by molar-refractivity contribution is 7.99. The van der Waals surface area contributed by atoms with Crippen molar-refractivity contribution < 1.29 is 13.6 Å². The van der Waals surface area contributed by atoms with E-state index in [4.69, 9.17) is 4.42 Å². The summed E-state index contributed by atoms with van der Waals surface area (Å²) < 4.78 is 18.1. The van der Waals surface area contributed by atoms with E-state index in [9.17, 15) is 9.18 Å². The molecule has 27 heavy (non-hydrogen) atoms. The second-order valence-corrected chi connectivity index (χ2v) is 7.20. The predicted molar refractivity (Wildman–Crippen MR) is 105 cm³/mol. The lowest BCUT2D eigenvalue weighted by Gasteiger charge is -2.36. The van der Waals surface area contributed by atoms with E-state index >= 15 is 0 Å². The van der Waals surface area contributed by atoms with Crippen LogP contribution in [0, 0.1) is 5.82 Å². The first-order valence-corrected chi connectivity index (χ1v) is 9.82. The maximum atomic E-state index is 12.9. The molecule has 0 bridgehead atoms. The van der Waals surface area contributed by atoms with E-state index in [1.165, 1.54) is 18.4 Å². The summed E-state index contributed by atoms with van der Waals surface area (Å²) in [5, 5.41) is 3.35. The second kappa shape index (κ2) is 9.45. The number of carbonyl (C=O) groups is 1. The molecule has 0 unspecified atom stereocenters. The highest BCUT2D eigenvalue weighted by atomic mass is 32.2. The summed E-state index contributed by atoms with van der Waals surface area (Å²) in [5.41, 5.74) is 0. The normalized spacial score (nSPS) is 15.1. The minimum absolute atomic E-state index is 0.0710. The van der Waals surface area contributed by atoms with Crippen LogP contribution in [-0.4, -0.2) is 67.2 Å². The number of aliphatic imine (C=N–C) groups is 1. The van der Waals surface area contributed by atoms with E-state index in [0.29, 0.717) is 18.8 Å². The number of thioether (sulfide) groups is 1. The van der Waals surface area contributed by atoms with Crippen LogP contribution in [0.15, 0.2) is 57.0 Å². The van der Waals surface area contributed by atoms with Crippen LogP contribution in [0.1, 0.15) is 10.6 Å². The van der Waals surface area contributed by atoms with Crippen molar-refractivity contribution in [2.45, 2.75) is 4.90 Å². The lowest BCUT2D eigenvalue weighted by atomic mass is 10.3. The Labute approximate surface area is 162 Å². The summed E-state index contributed by atoms with van der Waals surface area (Å²) >= 11 is 1.67. The van der Waals surface area contributed by atoms with Crippen molar-refractivity contribution in [3.05, 3.63) is 54.2 Å². The van der Waals surface area contributed by atoms with Crippen molar-refractivity contribution in [2.75, 3.05) is 45.5 Å². The van der Waals surface area contributed by atoms with Gasteiger partial charge in [-0.3, -0.25) is 9.79 Å². The number of nitrogens with one attached hydrogen (secondary N) is 1. The number of carbonyl (C=O) groups excluding carboxylic acids is 1. The molecule has 144 valence electrons. The van der Waals surface area contributed by atoms with Gasteiger partial charge < -0.3 is 19.5 Å². The van der Waals surface area contributed by atoms with E-state index in [-0.39, 0.29) is 11.7 Å². The highest BCUT2D eigenvalue weighted by Crippen LogP contribution is 2.17. The van der Waals surface area contributed by atoms with Crippen molar-refractivity contribution in [2.24, 2.45) is 4.99 Å². The molecule has 1 N–H and O–H groups in total. The number of rotatable bonds is 5. The molecule has 2 heterocycles. The van der Waals surface area contributed by atoms with E-state index in [1.807, 2.05) is 0 Å². The molecule has 1 saturated heterocycles. The van der Waals surface area contributed by atoms with E-state index in [0.717, 1.165) is 36.2 Å². The van der Waals surface area contributed by atoms with Gasteiger partial charge in [0.05, 0.1) is 6.26 Å². The Hall–Kier alpha value is -2.48. The molecule has 3 rings (SSSR count). The van der Waals surface area contributed by atoms with Crippen LogP contribution >= 0.6 is 11.8 Å². The molecule has 1 aromatic carbocycles. The summed E-state index contributed by atoms with van der Waals surface area (Å²) in [7, 11) is 1.76. The van der Waals surface area contributed by atoms with Crippen LogP contribution in [-0.2, 0) is 0 Å². The highest BCUT2D eigenvalue weighted by Gasteiger charge is 2.24. The first-order chi connectivity index (χ1) is 13.2. The van der Waals surface area contributed by atoms with E-state index < -0.39 is 0 Å².